The number of aliphatic hydroxyl groups is 1. The van der Waals surface area contributed by atoms with Crippen LogP contribution < -0.4 is 0 Å². The minimum Gasteiger partial charge on any atom is -0.392 e. The first-order valence-electron chi connectivity index (χ1n) is 5.17. The molecule has 0 aliphatic carbocycles. The maximum atomic E-state index is 9.11. The molecule has 1 heterocycles. The van der Waals surface area contributed by atoms with Gasteiger partial charge in [0, 0.05) is 11.1 Å². The third kappa shape index (κ3) is 2.91. The van der Waals surface area contributed by atoms with Crippen molar-refractivity contribution in [3.05, 3.63) is 52.1 Å². The molecule has 0 aliphatic heterocycles. The van der Waals surface area contributed by atoms with Gasteiger partial charge in [-0.05, 0) is 45.8 Å². The van der Waals surface area contributed by atoms with Crippen molar-refractivity contribution in [1.82, 2.24) is 4.98 Å². The lowest BCUT2D eigenvalue weighted by atomic mass is 10.1. The van der Waals surface area contributed by atoms with Crippen LogP contribution in [0.5, 0.6) is 0 Å². The number of hydrogen-bond donors (Lipinski definition) is 1. The maximum absolute atomic E-state index is 9.11. The van der Waals surface area contributed by atoms with Crippen molar-refractivity contribution in [2.75, 3.05) is 0 Å². The molecule has 5 heteroatoms. The SMILES string of the molecule is N#Cc1cc(CO)ccc1Sc1ncccc1Br. The van der Waals surface area contributed by atoms with Gasteiger partial charge in [-0.25, -0.2) is 4.98 Å². The summed E-state index contributed by atoms with van der Waals surface area (Å²) in [5.74, 6) is 0. The number of halogens is 1. The Morgan fingerprint density at radius 1 is 1.39 bits per heavy atom. The van der Waals surface area contributed by atoms with E-state index in [4.69, 9.17) is 10.4 Å². The number of hydrogen-bond acceptors (Lipinski definition) is 4. The summed E-state index contributed by atoms with van der Waals surface area (Å²) in [6.07, 6.45) is 1.71. The van der Waals surface area contributed by atoms with E-state index in [-0.39, 0.29) is 6.61 Å². The van der Waals surface area contributed by atoms with E-state index >= 15 is 0 Å². The summed E-state index contributed by atoms with van der Waals surface area (Å²) < 4.78 is 0.894. The first-order valence-corrected chi connectivity index (χ1v) is 6.78. The molecule has 2 aromatic rings. The van der Waals surface area contributed by atoms with E-state index in [1.165, 1.54) is 11.8 Å². The van der Waals surface area contributed by atoms with E-state index in [9.17, 15) is 0 Å². The molecule has 0 saturated heterocycles. The molecule has 0 amide bonds. The van der Waals surface area contributed by atoms with Crippen molar-refractivity contribution in [3.63, 3.8) is 0 Å². The third-order valence-corrected chi connectivity index (χ3v) is 4.28. The van der Waals surface area contributed by atoms with Crippen LogP contribution in [0.2, 0.25) is 0 Å². The van der Waals surface area contributed by atoms with Gasteiger partial charge < -0.3 is 5.11 Å². The van der Waals surface area contributed by atoms with E-state index in [2.05, 4.69) is 27.0 Å². The van der Waals surface area contributed by atoms with Crippen LogP contribution in [-0.4, -0.2) is 10.1 Å². The summed E-state index contributed by atoms with van der Waals surface area (Å²) in [5, 5.41) is 19.0. The van der Waals surface area contributed by atoms with Crippen LogP contribution >= 0.6 is 27.7 Å². The zero-order chi connectivity index (χ0) is 13.0. The number of aliphatic hydroxyl groups excluding tert-OH is 1. The van der Waals surface area contributed by atoms with E-state index in [0.29, 0.717) is 5.56 Å². The van der Waals surface area contributed by atoms with Gasteiger partial charge in [-0.1, -0.05) is 17.8 Å². The predicted octanol–water partition coefficient (Wildman–Crippen LogP) is 3.36. The van der Waals surface area contributed by atoms with Crippen LogP contribution in [0.3, 0.4) is 0 Å². The van der Waals surface area contributed by atoms with Gasteiger partial charge in [-0.2, -0.15) is 5.26 Å². The van der Waals surface area contributed by atoms with Crippen molar-refractivity contribution in [1.29, 1.82) is 5.26 Å². The van der Waals surface area contributed by atoms with Gasteiger partial charge in [-0.15, -0.1) is 0 Å². The molecule has 3 nitrogen and oxygen atoms in total. The highest BCUT2D eigenvalue weighted by Gasteiger charge is 2.08. The molecule has 0 unspecified atom stereocenters. The second kappa shape index (κ2) is 6.01. The Labute approximate surface area is 118 Å². The largest absolute Gasteiger partial charge is 0.392 e. The Hall–Kier alpha value is -1.35. The summed E-state index contributed by atoms with van der Waals surface area (Å²) >= 11 is 4.84. The molecule has 0 atom stereocenters. The maximum Gasteiger partial charge on any atom is 0.115 e. The van der Waals surface area contributed by atoms with Crippen LogP contribution in [-0.2, 0) is 6.61 Å². The fraction of sp³-hybridized carbons (Fsp3) is 0.0769. The fourth-order valence-electron chi connectivity index (χ4n) is 1.40. The molecule has 0 bridgehead atoms. The number of nitrogens with zero attached hydrogens (tertiary/aromatic N) is 2. The van der Waals surface area contributed by atoms with E-state index in [1.807, 2.05) is 18.2 Å². The zero-order valence-corrected chi connectivity index (χ0v) is 11.7. The second-order valence-corrected chi connectivity index (χ2v) is 5.38. The summed E-state index contributed by atoms with van der Waals surface area (Å²) in [5.41, 5.74) is 1.28. The zero-order valence-electron chi connectivity index (χ0n) is 9.30. The topological polar surface area (TPSA) is 56.9 Å². The highest BCUT2D eigenvalue weighted by Crippen LogP contribution is 2.33. The lowest BCUT2D eigenvalue weighted by Gasteiger charge is -2.06. The summed E-state index contributed by atoms with van der Waals surface area (Å²) in [7, 11) is 0. The Bertz CT molecular complexity index is 610. The van der Waals surface area contributed by atoms with Crippen molar-refractivity contribution in [2.24, 2.45) is 0 Å². The molecule has 1 N–H and O–H groups in total. The Kier molecular flexibility index (Phi) is 4.37. The van der Waals surface area contributed by atoms with E-state index < -0.39 is 0 Å². The van der Waals surface area contributed by atoms with Crippen LogP contribution in [0, 0.1) is 11.3 Å². The highest BCUT2D eigenvalue weighted by atomic mass is 79.9. The molecule has 18 heavy (non-hydrogen) atoms. The molecule has 1 aromatic carbocycles. The standard InChI is InChI=1S/C13H9BrN2OS/c14-11-2-1-5-16-13(11)18-12-4-3-9(8-17)6-10(12)7-15/h1-6,17H,8H2. The molecule has 0 fully saturated rings. The second-order valence-electron chi connectivity index (χ2n) is 3.49. The number of benzene rings is 1. The average Bonchev–Trinajstić information content (AvgIpc) is 2.41. The smallest absolute Gasteiger partial charge is 0.115 e. The summed E-state index contributed by atoms with van der Waals surface area (Å²) in [6, 6.07) is 11.2. The molecular weight excluding hydrogens is 312 g/mol. The van der Waals surface area contributed by atoms with Crippen molar-refractivity contribution in [2.45, 2.75) is 16.5 Å². The number of nitriles is 1. The first kappa shape index (κ1) is 13.1. The molecular formula is C13H9BrN2OS. The monoisotopic (exact) mass is 320 g/mol. The van der Waals surface area contributed by atoms with Crippen LogP contribution in [0.1, 0.15) is 11.1 Å². The van der Waals surface area contributed by atoms with Crippen molar-refractivity contribution < 1.29 is 5.11 Å². The van der Waals surface area contributed by atoms with Crippen LogP contribution in [0.15, 0.2) is 50.9 Å². The van der Waals surface area contributed by atoms with Gasteiger partial charge in [0.2, 0.25) is 0 Å². The number of rotatable bonds is 3. The third-order valence-electron chi connectivity index (χ3n) is 2.28. The molecule has 2 rings (SSSR count). The van der Waals surface area contributed by atoms with Gasteiger partial charge in [0.25, 0.3) is 0 Å². The highest BCUT2D eigenvalue weighted by molar-refractivity contribution is 9.10. The van der Waals surface area contributed by atoms with Gasteiger partial charge in [0.15, 0.2) is 0 Å². The Balaban J connectivity index is 2.35. The first-order chi connectivity index (χ1) is 8.74. The summed E-state index contributed by atoms with van der Waals surface area (Å²) in [6.45, 7) is -0.0626. The normalized spacial score (nSPS) is 10.1. The van der Waals surface area contributed by atoms with Gasteiger partial charge in [-0.3, -0.25) is 0 Å². The summed E-state index contributed by atoms with van der Waals surface area (Å²) in [4.78, 5) is 5.08. The molecule has 90 valence electrons. The minimum atomic E-state index is -0.0626. The van der Waals surface area contributed by atoms with Gasteiger partial charge in [0.05, 0.1) is 16.6 Å². The minimum absolute atomic E-state index is 0.0626. The molecule has 0 aliphatic rings. The molecule has 1 aromatic heterocycles. The predicted molar refractivity (Wildman–Crippen MR) is 73.1 cm³/mol. The lowest BCUT2D eigenvalue weighted by molar-refractivity contribution is 0.281. The number of aromatic nitrogens is 1. The Morgan fingerprint density at radius 2 is 2.22 bits per heavy atom. The van der Waals surface area contributed by atoms with Crippen LogP contribution in [0.25, 0.3) is 0 Å². The number of pyridine rings is 1. The van der Waals surface area contributed by atoms with Gasteiger partial charge in [0.1, 0.15) is 11.1 Å². The Morgan fingerprint density at radius 3 is 2.89 bits per heavy atom. The molecule has 0 spiro atoms. The van der Waals surface area contributed by atoms with E-state index in [1.54, 1.807) is 18.3 Å². The van der Waals surface area contributed by atoms with Crippen molar-refractivity contribution >= 4 is 27.7 Å². The van der Waals surface area contributed by atoms with Crippen LogP contribution in [0.4, 0.5) is 0 Å². The molecule has 0 radical (unpaired) electrons. The quantitative estimate of drug-likeness (QED) is 0.942. The fourth-order valence-corrected chi connectivity index (χ4v) is 2.74. The molecule has 0 saturated carbocycles. The lowest BCUT2D eigenvalue weighted by Crippen LogP contribution is -1.89. The van der Waals surface area contributed by atoms with E-state index in [0.717, 1.165) is 20.0 Å². The van der Waals surface area contributed by atoms with Crippen molar-refractivity contribution in [3.8, 4) is 6.07 Å². The van der Waals surface area contributed by atoms with Gasteiger partial charge >= 0.3 is 0 Å². The average molecular weight is 321 g/mol.